The molecule has 0 N–H and O–H groups in total. The number of hydrogen-bond acceptors (Lipinski definition) is 1. The summed E-state index contributed by atoms with van der Waals surface area (Å²) in [5.74, 6) is 0. The van der Waals surface area contributed by atoms with Crippen LogP contribution >= 0.6 is 0 Å². The average molecular weight is 382 g/mol. The summed E-state index contributed by atoms with van der Waals surface area (Å²) in [4.78, 5) is 2.13. The van der Waals surface area contributed by atoms with Gasteiger partial charge in [-0.25, -0.2) is 0 Å². The van der Waals surface area contributed by atoms with E-state index < -0.39 is 0 Å². The first-order valence-electron chi connectivity index (χ1n) is 8.81. The van der Waals surface area contributed by atoms with Crippen LogP contribution in [0, 0.1) is 40.7 Å². The maximum absolute atomic E-state index is 3.16. The Bertz CT molecular complexity index is 609. The van der Waals surface area contributed by atoms with E-state index in [1.165, 1.54) is 33.4 Å². The third-order valence-corrected chi connectivity index (χ3v) is 4.63. The molecule has 0 aliphatic heterocycles. The van der Waals surface area contributed by atoms with Gasteiger partial charge in [-0.2, -0.15) is 58.1 Å². The first-order valence-corrected chi connectivity index (χ1v) is 8.81. The number of rotatable bonds is 2. The van der Waals surface area contributed by atoms with Gasteiger partial charge in [0.1, 0.15) is 0 Å². The normalized spacial score (nSPS) is 9.54. The molecule has 26 heavy (non-hydrogen) atoms. The summed E-state index contributed by atoms with van der Waals surface area (Å²) >= 11 is 0. The van der Waals surface area contributed by atoms with Crippen LogP contribution in [0.1, 0.15) is 33.4 Å². The Morgan fingerprint density at radius 2 is 1.35 bits per heavy atom. The van der Waals surface area contributed by atoms with Gasteiger partial charge in [-0.05, 0) is 14.1 Å². The first kappa shape index (κ1) is 24.6. The third kappa shape index (κ3) is 8.32. The van der Waals surface area contributed by atoms with Crippen molar-refractivity contribution in [3.8, 4) is 0 Å². The van der Waals surface area contributed by atoms with E-state index in [1.54, 1.807) is 0 Å². The summed E-state index contributed by atoms with van der Waals surface area (Å²) in [6.45, 7) is 12.0. The van der Waals surface area contributed by atoms with Crippen molar-refractivity contribution < 1.29 is 21.7 Å². The molecule has 0 saturated carbocycles. The monoisotopic (exact) mass is 382 g/mol. The molecule has 0 spiro atoms. The van der Waals surface area contributed by atoms with Gasteiger partial charge in [0.05, 0.1) is 0 Å². The number of benzene rings is 1. The van der Waals surface area contributed by atoms with Crippen molar-refractivity contribution in [1.82, 2.24) is 4.90 Å². The van der Waals surface area contributed by atoms with Gasteiger partial charge in [-0.3, -0.25) is 0 Å². The average Bonchev–Trinajstić information content (AvgIpc) is 3.23. The topological polar surface area (TPSA) is 3.24 Å². The van der Waals surface area contributed by atoms with Gasteiger partial charge in [0.25, 0.3) is 0 Å². The molecule has 0 fully saturated rings. The predicted molar refractivity (Wildman–Crippen MR) is 110 cm³/mol. The summed E-state index contributed by atoms with van der Waals surface area (Å²) < 4.78 is 0. The molecule has 0 radical (unpaired) electrons. The molecule has 2 heteroatoms. The Morgan fingerprint density at radius 1 is 0.885 bits per heavy atom. The zero-order valence-corrected chi connectivity index (χ0v) is 18.9. The van der Waals surface area contributed by atoms with Gasteiger partial charge in [0.2, 0.25) is 0 Å². The van der Waals surface area contributed by atoms with E-state index in [-0.39, 0.29) is 21.7 Å². The second kappa shape index (κ2) is 12.9. The van der Waals surface area contributed by atoms with Gasteiger partial charge < -0.3 is 35.2 Å². The molecule has 144 valence electrons. The van der Waals surface area contributed by atoms with Crippen molar-refractivity contribution in [2.45, 2.75) is 41.2 Å². The molecule has 3 rings (SSSR count). The Balaban J connectivity index is 0.000000372. The van der Waals surface area contributed by atoms with Crippen LogP contribution in [0.3, 0.4) is 0 Å². The fraction of sp³-hybridized carbons (Fsp3) is 0.333. The molecule has 0 unspecified atom stereocenters. The summed E-state index contributed by atoms with van der Waals surface area (Å²) in [5.41, 5.74) is 8.58. The molecule has 0 heterocycles. The fourth-order valence-corrected chi connectivity index (χ4v) is 2.60. The minimum absolute atomic E-state index is 0. The Labute approximate surface area is 175 Å². The molecule has 1 nitrogen and oxygen atoms in total. The molecule has 0 aliphatic carbocycles. The summed E-state index contributed by atoms with van der Waals surface area (Å²) in [6.07, 6.45) is 0. The number of nitrogens with zero attached hydrogens (tertiary/aromatic N) is 1. The van der Waals surface area contributed by atoms with Gasteiger partial charge in [0.15, 0.2) is 0 Å². The van der Waals surface area contributed by atoms with E-state index in [4.69, 9.17) is 0 Å². The van der Waals surface area contributed by atoms with Crippen LogP contribution in [0.4, 0.5) is 0 Å². The van der Waals surface area contributed by atoms with Gasteiger partial charge >= 0.3 is 0 Å². The van der Waals surface area contributed by atoms with E-state index in [9.17, 15) is 0 Å². The standard InChI is InChI=1S/C10H15.C9H12N.C5H5.Ti/c1-6-7(2)9(4)10(5)8(6)3;1-10(2)8-9-6-4-3-5-7-9;1-2-4-5-3-1;/h1-5H3;3-6H,8H2,1-2H3;1-5H;/q2*-1;-5;. The van der Waals surface area contributed by atoms with E-state index in [0.29, 0.717) is 0 Å². The van der Waals surface area contributed by atoms with Gasteiger partial charge in [-0.1, -0.05) is 34.6 Å². The molecule has 0 aliphatic rings. The minimum atomic E-state index is 0. The molecule has 3 aromatic rings. The SMILES string of the molecule is CN(C)Cc1[c-]cccc1.Cc1c(C)c(C)[c-](C)c1C.[Ti].[cH-]1[cH-][cH-][cH-][cH-]1. The zero-order chi connectivity index (χ0) is 18.8. The van der Waals surface area contributed by atoms with Crippen LogP contribution in [0.15, 0.2) is 54.6 Å². The summed E-state index contributed by atoms with van der Waals surface area (Å²) in [6, 6.07) is 21.2. The van der Waals surface area contributed by atoms with E-state index in [0.717, 1.165) is 6.54 Å². The Morgan fingerprint density at radius 3 is 1.62 bits per heavy atom. The van der Waals surface area contributed by atoms with Crippen molar-refractivity contribution in [2.75, 3.05) is 14.1 Å². The maximum atomic E-state index is 3.16. The molecule has 0 bridgehead atoms. The molecular weight excluding hydrogens is 350 g/mol. The first-order chi connectivity index (χ1) is 11.8. The van der Waals surface area contributed by atoms with Crippen LogP contribution in [0.2, 0.25) is 0 Å². The van der Waals surface area contributed by atoms with Crippen molar-refractivity contribution in [2.24, 2.45) is 0 Å². The quantitative estimate of drug-likeness (QED) is 0.394. The Kier molecular flexibility index (Phi) is 12.2. The second-order valence-corrected chi connectivity index (χ2v) is 6.71. The zero-order valence-electron chi connectivity index (χ0n) is 17.4. The van der Waals surface area contributed by atoms with Crippen molar-refractivity contribution in [1.29, 1.82) is 0 Å². The van der Waals surface area contributed by atoms with Crippen LogP contribution in [-0.2, 0) is 28.3 Å². The van der Waals surface area contributed by atoms with Crippen molar-refractivity contribution >= 4 is 0 Å². The van der Waals surface area contributed by atoms with Gasteiger partial charge in [0, 0.05) is 28.3 Å². The van der Waals surface area contributed by atoms with Crippen molar-refractivity contribution in [3.05, 3.63) is 94.0 Å². The fourth-order valence-electron chi connectivity index (χ4n) is 2.60. The predicted octanol–water partition coefficient (Wildman–Crippen LogP) is 5.90. The second-order valence-electron chi connectivity index (χ2n) is 6.71. The molecule has 0 aromatic heterocycles. The molecule has 0 amide bonds. The van der Waals surface area contributed by atoms with Crippen molar-refractivity contribution in [3.63, 3.8) is 0 Å². The molecular formula is C24H32NTi-7. The van der Waals surface area contributed by atoms with Crippen LogP contribution in [0.25, 0.3) is 0 Å². The van der Waals surface area contributed by atoms with Crippen LogP contribution in [0.5, 0.6) is 0 Å². The van der Waals surface area contributed by atoms with Crippen LogP contribution in [-0.4, -0.2) is 19.0 Å². The molecule has 0 saturated heterocycles. The minimum Gasteiger partial charge on any atom is -0.748 e. The largest absolute Gasteiger partial charge is 0.748 e. The van der Waals surface area contributed by atoms with Gasteiger partial charge in [-0.15, -0.1) is 5.56 Å². The Hall–Kier alpha value is -1.41. The molecule has 0 atom stereocenters. The van der Waals surface area contributed by atoms with Crippen LogP contribution < -0.4 is 0 Å². The van der Waals surface area contributed by atoms with E-state index in [2.05, 4.69) is 65.7 Å². The summed E-state index contributed by atoms with van der Waals surface area (Å²) in [5, 5.41) is 0. The smallest absolute Gasteiger partial charge is 0.000120 e. The third-order valence-electron chi connectivity index (χ3n) is 4.63. The maximum Gasteiger partial charge on any atom is 0.000120 e. The number of hydrogen-bond donors (Lipinski definition) is 0. The molecule has 3 aromatic carbocycles. The summed E-state index contributed by atoms with van der Waals surface area (Å²) in [7, 11) is 4.11. The van der Waals surface area contributed by atoms with E-state index >= 15 is 0 Å². The van der Waals surface area contributed by atoms with E-state index in [1.807, 2.05) is 48.5 Å².